The molecule has 2 rings (SSSR count). The highest BCUT2D eigenvalue weighted by Crippen LogP contribution is 2.19. The van der Waals surface area contributed by atoms with Gasteiger partial charge in [0.1, 0.15) is 0 Å². The Labute approximate surface area is 116 Å². The molecule has 0 amide bonds. The number of nitrogens with one attached hydrogen (secondary N) is 3. The normalized spacial score (nSPS) is 12.1. The van der Waals surface area contributed by atoms with E-state index in [4.69, 9.17) is 0 Å². The van der Waals surface area contributed by atoms with Crippen molar-refractivity contribution in [2.75, 3.05) is 15.7 Å². The van der Waals surface area contributed by atoms with Crippen molar-refractivity contribution in [2.45, 2.75) is 5.03 Å². The van der Waals surface area contributed by atoms with Gasteiger partial charge < -0.3 is 0 Å². The molecule has 8 nitrogen and oxygen atoms in total. The Kier molecular flexibility index (Phi) is 3.68. The molecular weight excluding hydrogens is 304 g/mol. The number of hydrogen-bond donors (Lipinski definition) is 3. The third kappa shape index (κ3) is 3.71. The fraction of sp³-hybridized carbons (Fsp3) is 0.100. The first-order valence-corrected chi connectivity index (χ1v) is 8.74. The van der Waals surface area contributed by atoms with Gasteiger partial charge in [-0.15, -0.1) is 0 Å². The largest absolute Gasteiger partial charge is 0.284 e. The molecule has 0 saturated heterocycles. The number of anilines is 2. The number of aromatic amines is 1. The zero-order chi connectivity index (χ0) is 14.8. The van der Waals surface area contributed by atoms with E-state index < -0.39 is 20.0 Å². The van der Waals surface area contributed by atoms with E-state index >= 15 is 0 Å². The molecule has 20 heavy (non-hydrogen) atoms. The molecule has 0 aliphatic carbocycles. The van der Waals surface area contributed by atoms with Gasteiger partial charge in [-0.2, -0.15) is 13.5 Å². The number of benzene rings is 1. The lowest BCUT2D eigenvalue weighted by Gasteiger charge is -2.08. The Morgan fingerprint density at radius 3 is 2.25 bits per heavy atom. The Hall–Kier alpha value is -2.07. The van der Waals surface area contributed by atoms with Crippen molar-refractivity contribution in [3.63, 3.8) is 0 Å². The lowest BCUT2D eigenvalue weighted by atomic mass is 10.3. The number of rotatable bonds is 5. The molecule has 0 radical (unpaired) electrons. The topological polar surface area (TPSA) is 121 Å². The van der Waals surface area contributed by atoms with Gasteiger partial charge in [-0.1, -0.05) is 6.07 Å². The first-order chi connectivity index (χ1) is 9.26. The zero-order valence-electron chi connectivity index (χ0n) is 10.4. The van der Waals surface area contributed by atoms with Gasteiger partial charge in [0.25, 0.3) is 10.0 Å². The minimum atomic E-state index is -3.78. The smallest absolute Gasteiger partial charge is 0.278 e. The quantitative estimate of drug-likeness (QED) is 0.745. The summed E-state index contributed by atoms with van der Waals surface area (Å²) in [6, 6.07) is 7.21. The number of aromatic nitrogens is 2. The average molecular weight is 316 g/mol. The first kappa shape index (κ1) is 14.3. The summed E-state index contributed by atoms with van der Waals surface area (Å²) >= 11 is 0. The van der Waals surface area contributed by atoms with E-state index in [0.717, 1.165) is 6.26 Å². The lowest BCUT2D eigenvalue weighted by molar-refractivity contribution is 0.597. The van der Waals surface area contributed by atoms with Gasteiger partial charge in [-0.3, -0.25) is 14.5 Å². The summed E-state index contributed by atoms with van der Waals surface area (Å²) in [5, 5.41) is 5.81. The molecule has 3 N–H and O–H groups in total. The molecule has 0 aliphatic heterocycles. The van der Waals surface area contributed by atoms with E-state index in [2.05, 4.69) is 19.6 Å². The molecule has 0 aliphatic rings. The number of H-pyrrole nitrogens is 1. The Morgan fingerprint density at radius 1 is 1.05 bits per heavy atom. The molecule has 1 aromatic carbocycles. The zero-order valence-corrected chi connectivity index (χ0v) is 12.0. The van der Waals surface area contributed by atoms with Crippen molar-refractivity contribution in [1.29, 1.82) is 0 Å². The summed E-state index contributed by atoms with van der Waals surface area (Å²) < 4.78 is 50.7. The summed E-state index contributed by atoms with van der Waals surface area (Å²) in [5.41, 5.74) is 0.491. The van der Waals surface area contributed by atoms with Crippen LogP contribution in [0.2, 0.25) is 0 Å². The van der Waals surface area contributed by atoms with Gasteiger partial charge in [0.15, 0.2) is 5.03 Å². The Morgan fingerprint density at radius 2 is 1.70 bits per heavy atom. The van der Waals surface area contributed by atoms with Gasteiger partial charge in [0, 0.05) is 0 Å². The second kappa shape index (κ2) is 5.13. The molecule has 0 unspecified atom stereocenters. The van der Waals surface area contributed by atoms with Crippen LogP contribution in [0.3, 0.4) is 0 Å². The predicted molar refractivity (Wildman–Crippen MR) is 74.3 cm³/mol. The molecule has 10 heteroatoms. The van der Waals surface area contributed by atoms with E-state index in [9.17, 15) is 16.8 Å². The molecule has 108 valence electrons. The molecular formula is C10H12N4O4S2. The molecule has 2 aromatic rings. The third-order valence-electron chi connectivity index (χ3n) is 2.18. The highest BCUT2D eigenvalue weighted by Gasteiger charge is 2.15. The fourth-order valence-electron chi connectivity index (χ4n) is 1.46. The van der Waals surface area contributed by atoms with Gasteiger partial charge in [-0.25, -0.2) is 8.42 Å². The molecule has 0 saturated carbocycles. The van der Waals surface area contributed by atoms with Crippen LogP contribution in [-0.4, -0.2) is 33.3 Å². The van der Waals surface area contributed by atoms with Crippen molar-refractivity contribution in [3.05, 3.63) is 36.5 Å². The maximum absolute atomic E-state index is 11.9. The number of sulfonamides is 2. The standard InChI is InChI=1S/C10H12N4O4S2/c1-19(15,16)13-8-3-2-4-9(7-8)14-20(17,18)10-5-6-11-12-10/h2-7,13-14H,1H3,(H,11,12). The predicted octanol–water partition coefficient (Wildman–Crippen LogP) is 0.582. The van der Waals surface area contributed by atoms with Crippen LogP contribution in [0.4, 0.5) is 11.4 Å². The second-order valence-corrected chi connectivity index (χ2v) is 7.38. The van der Waals surface area contributed by atoms with Crippen molar-refractivity contribution < 1.29 is 16.8 Å². The van der Waals surface area contributed by atoms with E-state index in [1.165, 1.54) is 36.5 Å². The molecule has 0 fully saturated rings. The summed E-state index contributed by atoms with van der Waals surface area (Å²) in [6.07, 6.45) is 2.32. The van der Waals surface area contributed by atoms with Crippen molar-refractivity contribution in [3.8, 4) is 0 Å². The van der Waals surface area contributed by atoms with Gasteiger partial charge in [-0.05, 0) is 24.3 Å². The van der Waals surface area contributed by atoms with Crippen LogP contribution in [-0.2, 0) is 20.0 Å². The van der Waals surface area contributed by atoms with Gasteiger partial charge in [0.05, 0.1) is 23.8 Å². The molecule has 0 bridgehead atoms. The minimum Gasteiger partial charge on any atom is -0.284 e. The van der Waals surface area contributed by atoms with Crippen molar-refractivity contribution >= 4 is 31.4 Å². The highest BCUT2D eigenvalue weighted by molar-refractivity contribution is 7.92. The summed E-state index contributed by atoms with van der Waals surface area (Å²) in [5.74, 6) is 0. The Balaban J connectivity index is 2.25. The molecule has 0 atom stereocenters. The van der Waals surface area contributed by atoms with Crippen LogP contribution in [0.25, 0.3) is 0 Å². The fourth-order valence-corrected chi connectivity index (χ4v) is 2.98. The second-order valence-electron chi connectivity index (χ2n) is 3.98. The Bertz CT molecular complexity index is 798. The SMILES string of the molecule is CS(=O)(=O)Nc1cccc(NS(=O)(=O)c2ccn[nH]2)c1. The van der Waals surface area contributed by atoms with Crippen molar-refractivity contribution in [1.82, 2.24) is 10.2 Å². The summed E-state index contributed by atoms with van der Waals surface area (Å²) in [7, 11) is -7.20. The van der Waals surface area contributed by atoms with Crippen LogP contribution in [0.1, 0.15) is 0 Å². The van der Waals surface area contributed by atoms with E-state index in [1.807, 2.05) is 0 Å². The maximum Gasteiger partial charge on any atom is 0.278 e. The van der Waals surface area contributed by atoms with Crippen LogP contribution in [0.15, 0.2) is 41.6 Å². The number of nitrogens with zero attached hydrogens (tertiary/aromatic N) is 1. The monoisotopic (exact) mass is 316 g/mol. The van der Waals surface area contributed by atoms with Crippen LogP contribution >= 0.6 is 0 Å². The van der Waals surface area contributed by atoms with E-state index in [1.54, 1.807) is 0 Å². The minimum absolute atomic E-state index is 0.0843. The van der Waals surface area contributed by atoms with Gasteiger partial charge in [0.2, 0.25) is 10.0 Å². The first-order valence-electron chi connectivity index (χ1n) is 5.36. The highest BCUT2D eigenvalue weighted by atomic mass is 32.2. The van der Waals surface area contributed by atoms with E-state index in [0.29, 0.717) is 0 Å². The molecule has 1 heterocycles. The number of hydrogen-bond acceptors (Lipinski definition) is 5. The van der Waals surface area contributed by atoms with E-state index in [-0.39, 0.29) is 16.4 Å². The maximum atomic E-state index is 11.9. The summed E-state index contributed by atoms with van der Waals surface area (Å²) in [6.45, 7) is 0. The van der Waals surface area contributed by atoms with Crippen LogP contribution < -0.4 is 9.44 Å². The summed E-state index contributed by atoms with van der Waals surface area (Å²) in [4.78, 5) is 0. The molecule has 0 spiro atoms. The molecule has 1 aromatic heterocycles. The third-order valence-corrected chi connectivity index (χ3v) is 4.10. The lowest BCUT2D eigenvalue weighted by Crippen LogP contribution is -2.14. The van der Waals surface area contributed by atoms with Crippen LogP contribution in [0, 0.1) is 0 Å². The van der Waals surface area contributed by atoms with Crippen molar-refractivity contribution in [2.24, 2.45) is 0 Å². The average Bonchev–Trinajstić information content (AvgIpc) is 2.80. The van der Waals surface area contributed by atoms with Crippen LogP contribution in [0.5, 0.6) is 0 Å². The van der Waals surface area contributed by atoms with Gasteiger partial charge >= 0.3 is 0 Å².